The van der Waals surface area contributed by atoms with Gasteiger partial charge in [0, 0.05) is 0 Å². The highest BCUT2D eigenvalue weighted by Gasteiger charge is 2.43. The van der Waals surface area contributed by atoms with Crippen molar-refractivity contribution < 1.29 is 27.9 Å². The molecule has 2 N–H and O–H groups in total. The second-order valence-electron chi connectivity index (χ2n) is 5.38. The number of carbonyl (C=O) groups excluding carboxylic acids is 1. The van der Waals surface area contributed by atoms with E-state index in [9.17, 15) is 27.9 Å². The van der Waals surface area contributed by atoms with Crippen molar-refractivity contribution in [3.8, 4) is 0 Å². The van der Waals surface area contributed by atoms with Gasteiger partial charge in [-0.1, -0.05) is 12.8 Å². The number of aromatic nitrogens is 1. The maximum Gasteiger partial charge on any atom is 0.433 e. The fourth-order valence-corrected chi connectivity index (χ4v) is 2.61. The molecule has 1 heterocycles. The van der Waals surface area contributed by atoms with Crippen LogP contribution in [0.25, 0.3) is 0 Å². The van der Waals surface area contributed by atoms with Crippen LogP contribution in [0.15, 0.2) is 12.1 Å². The second kappa shape index (κ2) is 5.58. The Morgan fingerprint density at radius 3 is 2.32 bits per heavy atom. The van der Waals surface area contributed by atoms with Crippen LogP contribution in [0.1, 0.15) is 47.4 Å². The van der Waals surface area contributed by atoms with Crippen LogP contribution in [-0.4, -0.2) is 27.5 Å². The van der Waals surface area contributed by atoms with E-state index in [1.54, 1.807) is 0 Å². The van der Waals surface area contributed by atoms with Gasteiger partial charge in [-0.25, -0.2) is 9.78 Å². The molecule has 0 unspecified atom stereocenters. The maximum atomic E-state index is 12.6. The third-order valence-corrected chi connectivity index (χ3v) is 3.84. The minimum Gasteiger partial charge on any atom is -0.480 e. The Labute approximate surface area is 124 Å². The SMILES string of the molecule is Cc1nc(C(F)(F)F)ccc1C(=O)NC1(C(=O)O)CCCC1. The zero-order valence-electron chi connectivity index (χ0n) is 11.8. The standard InChI is InChI=1S/C14H15F3N2O3/c1-8-9(4-5-10(18-8)14(15,16)17)11(20)19-13(12(21)22)6-2-3-7-13/h4-5H,2-3,6-7H2,1H3,(H,19,20)(H,21,22). The van der Waals surface area contributed by atoms with Crippen molar-refractivity contribution in [1.82, 2.24) is 10.3 Å². The minimum absolute atomic E-state index is 0.0551. The first kappa shape index (κ1) is 16.3. The van der Waals surface area contributed by atoms with E-state index >= 15 is 0 Å². The van der Waals surface area contributed by atoms with Crippen LogP contribution in [-0.2, 0) is 11.0 Å². The van der Waals surface area contributed by atoms with Gasteiger partial charge in [-0.2, -0.15) is 13.2 Å². The molecule has 1 fully saturated rings. The molecule has 0 aromatic carbocycles. The number of nitrogens with one attached hydrogen (secondary N) is 1. The van der Waals surface area contributed by atoms with Crippen molar-refractivity contribution in [3.63, 3.8) is 0 Å². The molecule has 0 spiro atoms. The molecule has 120 valence electrons. The van der Waals surface area contributed by atoms with Gasteiger partial charge < -0.3 is 10.4 Å². The van der Waals surface area contributed by atoms with Crippen molar-refractivity contribution in [2.45, 2.75) is 44.3 Å². The zero-order chi connectivity index (χ0) is 16.5. The molecule has 0 atom stereocenters. The molecule has 1 amide bonds. The van der Waals surface area contributed by atoms with Gasteiger partial charge in [-0.05, 0) is 31.9 Å². The monoisotopic (exact) mass is 316 g/mol. The lowest BCUT2D eigenvalue weighted by Gasteiger charge is -2.25. The number of alkyl halides is 3. The first-order valence-corrected chi connectivity index (χ1v) is 6.76. The molecule has 1 aromatic heterocycles. The van der Waals surface area contributed by atoms with Crippen LogP contribution in [0.2, 0.25) is 0 Å². The van der Waals surface area contributed by atoms with Crippen molar-refractivity contribution in [1.29, 1.82) is 0 Å². The second-order valence-corrected chi connectivity index (χ2v) is 5.38. The highest BCUT2D eigenvalue weighted by atomic mass is 19.4. The van der Waals surface area contributed by atoms with Crippen molar-refractivity contribution in [2.75, 3.05) is 0 Å². The van der Waals surface area contributed by atoms with Gasteiger partial charge in [0.05, 0.1) is 11.3 Å². The van der Waals surface area contributed by atoms with Crippen molar-refractivity contribution >= 4 is 11.9 Å². The van der Waals surface area contributed by atoms with Crippen LogP contribution < -0.4 is 5.32 Å². The minimum atomic E-state index is -4.59. The van der Waals surface area contributed by atoms with Gasteiger partial charge in [0.15, 0.2) is 0 Å². The Morgan fingerprint density at radius 2 is 1.86 bits per heavy atom. The summed E-state index contributed by atoms with van der Waals surface area (Å²) in [5.41, 5.74) is -2.58. The summed E-state index contributed by atoms with van der Waals surface area (Å²) in [7, 11) is 0. The number of pyridine rings is 1. The van der Waals surface area contributed by atoms with Crippen LogP contribution in [0.5, 0.6) is 0 Å². The lowest BCUT2D eigenvalue weighted by Crippen LogP contribution is -2.52. The van der Waals surface area contributed by atoms with Crippen LogP contribution in [0, 0.1) is 6.92 Å². The summed E-state index contributed by atoms with van der Waals surface area (Å²) in [6.45, 7) is 1.28. The average Bonchev–Trinajstić information content (AvgIpc) is 2.87. The predicted molar refractivity (Wildman–Crippen MR) is 70.3 cm³/mol. The third-order valence-electron chi connectivity index (χ3n) is 3.84. The molecule has 0 radical (unpaired) electrons. The summed E-state index contributed by atoms with van der Waals surface area (Å²) in [4.78, 5) is 27.0. The molecular formula is C14H15F3N2O3. The lowest BCUT2D eigenvalue weighted by molar-refractivity contribution is -0.144. The summed E-state index contributed by atoms with van der Waals surface area (Å²) < 4.78 is 37.7. The molecule has 0 aliphatic heterocycles. The molecule has 8 heteroatoms. The molecule has 2 rings (SSSR count). The summed E-state index contributed by atoms with van der Waals surface area (Å²) in [6, 6.07) is 1.73. The maximum absolute atomic E-state index is 12.6. The van der Waals surface area contributed by atoms with E-state index < -0.39 is 29.3 Å². The Bertz CT molecular complexity index is 608. The number of amides is 1. The number of nitrogens with zero attached hydrogens (tertiary/aromatic N) is 1. The Morgan fingerprint density at radius 1 is 1.27 bits per heavy atom. The van der Waals surface area contributed by atoms with Crippen LogP contribution in [0.4, 0.5) is 13.2 Å². The highest BCUT2D eigenvalue weighted by molar-refractivity contribution is 5.98. The van der Waals surface area contributed by atoms with E-state index in [4.69, 9.17) is 0 Å². The van der Waals surface area contributed by atoms with Crippen LogP contribution in [0.3, 0.4) is 0 Å². The summed E-state index contributed by atoms with van der Waals surface area (Å²) in [5, 5.41) is 11.7. The molecule has 0 saturated heterocycles. The number of hydrogen-bond donors (Lipinski definition) is 2. The number of carboxylic acids is 1. The topological polar surface area (TPSA) is 79.3 Å². The quantitative estimate of drug-likeness (QED) is 0.898. The lowest BCUT2D eigenvalue weighted by atomic mass is 9.97. The van der Waals surface area contributed by atoms with E-state index in [-0.39, 0.29) is 11.3 Å². The first-order chi connectivity index (χ1) is 10.2. The van der Waals surface area contributed by atoms with Gasteiger partial charge in [0.1, 0.15) is 11.2 Å². The largest absolute Gasteiger partial charge is 0.480 e. The molecule has 1 aliphatic carbocycles. The average molecular weight is 316 g/mol. The molecule has 1 aliphatic rings. The molecule has 1 saturated carbocycles. The van der Waals surface area contributed by atoms with Crippen molar-refractivity contribution in [2.24, 2.45) is 0 Å². The van der Waals surface area contributed by atoms with E-state index in [1.165, 1.54) is 6.92 Å². The Kier molecular flexibility index (Phi) is 4.12. The number of carboxylic acid groups (broad SMARTS) is 1. The number of hydrogen-bond acceptors (Lipinski definition) is 3. The van der Waals surface area contributed by atoms with E-state index in [0.29, 0.717) is 31.7 Å². The molecular weight excluding hydrogens is 301 g/mol. The van der Waals surface area contributed by atoms with Crippen molar-refractivity contribution in [3.05, 3.63) is 29.1 Å². The Hall–Kier alpha value is -2.12. The zero-order valence-corrected chi connectivity index (χ0v) is 11.8. The Balaban J connectivity index is 2.25. The van der Waals surface area contributed by atoms with Gasteiger partial charge in [0.2, 0.25) is 0 Å². The fourth-order valence-electron chi connectivity index (χ4n) is 2.61. The number of carbonyl (C=O) groups is 2. The van der Waals surface area contributed by atoms with E-state index in [0.717, 1.165) is 6.07 Å². The van der Waals surface area contributed by atoms with E-state index in [2.05, 4.69) is 10.3 Å². The third kappa shape index (κ3) is 3.05. The number of aliphatic carboxylic acids is 1. The smallest absolute Gasteiger partial charge is 0.433 e. The highest BCUT2D eigenvalue weighted by Crippen LogP contribution is 2.31. The normalized spacial score (nSPS) is 17.3. The number of rotatable bonds is 3. The summed E-state index contributed by atoms with van der Waals surface area (Å²) in [5.74, 6) is -1.85. The van der Waals surface area contributed by atoms with Gasteiger partial charge >= 0.3 is 12.1 Å². The summed E-state index contributed by atoms with van der Waals surface area (Å²) in [6.07, 6.45) is -2.62. The predicted octanol–water partition coefficient (Wildman–Crippen LogP) is 2.54. The van der Waals surface area contributed by atoms with Gasteiger partial charge in [-0.15, -0.1) is 0 Å². The van der Waals surface area contributed by atoms with Crippen LogP contribution >= 0.6 is 0 Å². The van der Waals surface area contributed by atoms with E-state index in [1.807, 2.05) is 0 Å². The molecule has 0 bridgehead atoms. The van der Waals surface area contributed by atoms with Gasteiger partial charge in [0.25, 0.3) is 5.91 Å². The molecule has 5 nitrogen and oxygen atoms in total. The summed E-state index contributed by atoms with van der Waals surface area (Å²) >= 11 is 0. The first-order valence-electron chi connectivity index (χ1n) is 6.76. The molecule has 22 heavy (non-hydrogen) atoms. The number of halogens is 3. The molecule has 1 aromatic rings. The van der Waals surface area contributed by atoms with Gasteiger partial charge in [-0.3, -0.25) is 4.79 Å². The number of aryl methyl sites for hydroxylation is 1. The fraction of sp³-hybridized carbons (Fsp3) is 0.500.